The van der Waals surface area contributed by atoms with Crippen LogP contribution in [0, 0.1) is 17.1 Å². The number of halogens is 1. The number of allylic oxidation sites excluding steroid dienone is 1. The number of hydrogen-bond donors (Lipinski definition) is 2. The van der Waals surface area contributed by atoms with E-state index in [1.807, 2.05) is 0 Å². The van der Waals surface area contributed by atoms with Gasteiger partial charge in [-0.1, -0.05) is 18.2 Å². The Bertz CT molecular complexity index is 792. The monoisotopic (exact) mass is 281 g/mol. The van der Waals surface area contributed by atoms with Crippen molar-refractivity contribution in [3.8, 4) is 11.8 Å². The van der Waals surface area contributed by atoms with Gasteiger partial charge in [-0.15, -0.1) is 0 Å². The van der Waals surface area contributed by atoms with Crippen LogP contribution < -0.4 is 16.2 Å². The molecule has 5 heteroatoms. The molecule has 2 aromatic carbocycles. The Balaban J connectivity index is 2.24. The summed E-state index contributed by atoms with van der Waals surface area (Å²) in [7, 11) is 0. The molecule has 104 valence electrons. The molecule has 0 bridgehead atoms. The van der Waals surface area contributed by atoms with Crippen LogP contribution in [-0.2, 0) is 0 Å². The van der Waals surface area contributed by atoms with E-state index in [1.54, 1.807) is 30.3 Å². The third-order valence-electron chi connectivity index (χ3n) is 3.43. The van der Waals surface area contributed by atoms with E-state index in [2.05, 4.69) is 6.07 Å². The van der Waals surface area contributed by atoms with Crippen LogP contribution in [0.25, 0.3) is 0 Å². The lowest BCUT2D eigenvalue weighted by molar-refractivity contribution is 0.394. The van der Waals surface area contributed by atoms with E-state index in [0.29, 0.717) is 17.0 Å². The zero-order valence-electron chi connectivity index (χ0n) is 11.0. The van der Waals surface area contributed by atoms with Crippen molar-refractivity contribution in [2.24, 2.45) is 5.73 Å². The van der Waals surface area contributed by atoms with Gasteiger partial charge in [-0.05, 0) is 23.8 Å². The van der Waals surface area contributed by atoms with Gasteiger partial charge in [0.1, 0.15) is 23.2 Å². The van der Waals surface area contributed by atoms with E-state index in [0.717, 1.165) is 5.56 Å². The number of hydrogen-bond acceptors (Lipinski definition) is 4. The molecule has 2 aromatic rings. The summed E-state index contributed by atoms with van der Waals surface area (Å²) >= 11 is 0. The Labute approximate surface area is 121 Å². The molecule has 0 unspecified atom stereocenters. The Hall–Kier alpha value is -3.00. The molecule has 1 heterocycles. The molecule has 0 saturated heterocycles. The van der Waals surface area contributed by atoms with Crippen molar-refractivity contribution >= 4 is 5.69 Å². The summed E-state index contributed by atoms with van der Waals surface area (Å²) in [6, 6.07) is 13.3. The van der Waals surface area contributed by atoms with Crippen LogP contribution in [0.4, 0.5) is 10.1 Å². The zero-order chi connectivity index (χ0) is 15.0. The van der Waals surface area contributed by atoms with Crippen molar-refractivity contribution in [2.45, 2.75) is 5.92 Å². The van der Waals surface area contributed by atoms with Gasteiger partial charge in [-0.3, -0.25) is 0 Å². The first-order valence-electron chi connectivity index (χ1n) is 6.32. The van der Waals surface area contributed by atoms with Crippen LogP contribution in [0.5, 0.6) is 5.75 Å². The van der Waals surface area contributed by atoms with Gasteiger partial charge in [-0.25, -0.2) is 4.39 Å². The van der Waals surface area contributed by atoms with Crippen molar-refractivity contribution in [3.63, 3.8) is 0 Å². The topological polar surface area (TPSA) is 85.1 Å². The van der Waals surface area contributed by atoms with E-state index < -0.39 is 5.92 Å². The molecule has 21 heavy (non-hydrogen) atoms. The molecule has 0 amide bonds. The highest BCUT2D eigenvalue weighted by Crippen LogP contribution is 2.42. The second-order valence-electron chi connectivity index (χ2n) is 4.78. The lowest BCUT2D eigenvalue weighted by Crippen LogP contribution is -2.21. The minimum absolute atomic E-state index is 0.0184. The molecule has 1 atom stereocenters. The van der Waals surface area contributed by atoms with Crippen LogP contribution >= 0.6 is 0 Å². The summed E-state index contributed by atoms with van der Waals surface area (Å²) in [6.07, 6.45) is 0. The average Bonchev–Trinajstić information content (AvgIpc) is 2.45. The lowest BCUT2D eigenvalue weighted by atomic mass is 9.83. The molecule has 0 spiro atoms. The van der Waals surface area contributed by atoms with E-state index in [9.17, 15) is 9.65 Å². The van der Waals surface area contributed by atoms with Crippen LogP contribution in [0.2, 0.25) is 0 Å². The van der Waals surface area contributed by atoms with E-state index in [4.69, 9.17) is 16.2 Å². The summed E-state index contributed by atoms with van der Waals surface area (Å²) in [5.74, 6) is -0.326. The molecule has 0 fully saturated rings. The van der Waals surface area contributed by atoms with E-state index in [-0.39, 0.29) is 17.3 Å². The molecule has 4 N–H and O–H groups in total. The van der Waals surface area contributed by atoms with Gasteiger partial charge in [0, 0.05) is 17.3 Å². The van der Waals surface area contributed by atoms with Crippen LogP contribution in [0.15, 0.2) is 53.9 Å². The molecular weight excluding hydrogens is 269 g/mol. The molecule has 3 rings (SSSR count). The second-order valence-corrected chi connectivity index (χ2v) is 4.78. The Morgan fingerprint density at radius 2 is 1.95 bits per heavy atom. The van der Waals surface area contributed by atoms with Gasteiger partial charge in [0.2, 0.25) is 5.88 Å². The number of nitrogens with two attached hydrogens (primary N) is 2. The third-order valence-corrected chi connectivity index (χ3v) is 3.43. The maximum atomic E-state index is 13.5. The van der Waals surface area contributed by atoms with Crippen LogP contribution in [0.3, 0.4) is 0 Å². The maximum absolute atomic E-state index is 13.5. The Kier molecular flexibility index (Phi) is 2.99. The van der Waals surface area contributed by atoms with E-state index in [1.165, 1.54) is 12.1 Å². The highest BCUT2D eigenvalue weighted by Gasteiger charge is 2.30. The summed E-state index contributed by atoms with van der Waals surface area (Å²) < 4.78 is 19.0. The first-order valence-corrected chi connectivity index (χ1v) is 6.32. The van der Waals surface area contributed by atoms with E-state index >= 15 is 0 Å². The minimum atomic E-state index is -0.463. The van der Waals surface area contributed by atoms with Crippen LogP contribution in [-0.4, -0.2) is 0 Å². The third kappa shape index (κ3) is 2.17. The second kappa shape index (κ2) is 4.84. The number of nitriles is 1. The van der Waals surface area contributed by atoms with Crippen molar-refractivity contribution in [1.82, 2.24) is 0 Å². The molecular formula is C16H12FN3O. The largest absolute Gasteiger partial charge is 0.440 e. The molecule has 0 aliphatic carbocycles. The predicted octanol–water partition coefficient (Wildman–Crippen LogP) is 2.63. The standard InChI is InChI=1S/C16H12FN3O/c17-10-3-1-2-9(6-10)15-12-5-4-11(19)7-14(12)21-16(20)13(15)8-18/h1-7,15H,19-20H2/t15-/m1/s1. The number of fused-ring (bicyclic) bond motifs is 1. The minimum Gasteiger partial charge on any atom is -0.440 e. The highest BCUT2D eigenvalue weighted by atomic mass is 19.1. The van der Waals surface area contributed by atoms with Gasteiger partial charge < -0.3 is 16.2 Å². The Morgan fingerprint density at radius 1 is 1.14 bits per heavy atom. The summed E-state index contributed by atoms with van der Waals surface area (Å²) in [5.41, 5.74) is 13.7. The number of nitrogens with zero attached hydrogens (tertiary/aromatic N) is 1. The van der Waals surface area contributed by atoms with Gasteiger partial charge in [0.25, 0.3) is 0 Å². The molecule has 0 saturated carbocycles. The fourth-order valence-corrected chi connectivity index (χ4v) is 2.50. The van der Waals surface area contributed by atoms with Crippen molar-refractivity contribution in [2.75, 3.05) is 5.73 Å². The van der Waals surface area contributed by atoms with Gasteiger partial charge in [0.05, 0.1) is 5.92 Å². The van der Waals surface area contributed by atoms with Crippen molar-refractivity contribution in [1.29, 1.82) is 5.26 Å². The molecule has 0 aromatic heterocycles. The van der Waals surface area contributed by atoms with Crippen molar-refractivity contribution in [3.05, 3.63) is 70.9 Å². The maximum Gasteiger partial charge on any atom is 0.205 e. The summed E-state index contributed by atoms with van der Waals surface area (Å²) in [5, 5.41) is 9.36. The first kappa shape index (κ1) is 13.0. The fourth-order valence-electron chi connectivity index (χ4n) is 2.50. The highest BCUT2D eigenvalue weighted by molar-refractivity contribution is 5.59. The summed E-state index contributed by atoms with van der Waals surface area (Å²) in [4.78, 5) is 0. The number of anilines is 1. The number of benzene rings is 2. The molecule has 1 aliphatic rings. The van der Waals surface area contributed by atoms with Gasteiger partial charge in [0.15, 0.2) is 0 Å². The molecule has 1 aliphatic heterocycles. The first-order chi connectivity index (χ1) is 10.1. The average molecular weight is 281 g/mol. The van der Waals surface area contributed by atoms with Gasteiger partial charge in [-0.2, -0.15) is 5.26 Å². The predicted molar refractivity (Wildman–Crippen MR) is 76.6 cm³/mol. The number of ether oxygens (including phenoxy) is 1. The fraction of sp³-hybridized carbons (Fsp3) is 0.0625. The van der Waals surface area contributed by atoms with Gasteiger partial charge >= 0.3 is 0 Å². The molecule has 4 nitrogen and oxygen atoms in total. The Morgan fingerprint density at radius 3 is 2.67 bits per heavy atom. The normalized spacial score (nSPS) is 16.9. The quantitative estimate of drug-likeness (QED) is 0.787. The summed E-state index contributed by atoms with van der Waals surface area (Å²) in [6.45, 7) is 0. The number of rotatable bonds is 1. The molecule has 0 radical (unpaired) electrons. The van der Waals surface area contributed by atoms with Crippen LogP contribution in [0.1, 0.15) is 17.0 Å². The SMILES string of the molecule is N#CC1=C(N)Oc2cc(N)ccc2[C@H]1c1cccc(F)c1. The van der Waals surface area contributed by atoms with Crippen molar-refractivity contribution < 1.29 is 9.13 Å². The lowest BCUT2D eigenvalue weighted by Gasteiger charge is -2.26. The number of nitrogen functional groups attached to an aromatic ring is 1. The smallest absolute Gasteiger partial charge is 0.205 e. The zero-order valence-corrected chi connectivity index (χ0v) is 11.0.